The minimum atomic E-state index is -1.10. The fourth-order valence-corrected chi connectivity index (χ4v) is 2.98. The number of aromatic nitrogens is 5. The average Bonchev–Trinajstić information content (AvgIpc) is 3.31. The van der Waals surface area contributed by atoms with E-state index in [0.717, 1.165) is 22.8 Å². The van der Waals surface area contributed by atoms with Gasteiger partial charge < -0.3 is 20.3 Å². The summed E-state index contributed by atoms with van der Waals surface area (Å²) in [5.74, 6) is 2.18. The lowest BCUT2D eigenvalue weighted by Crippen LogP contribution is -2.45. The fourth-order valence-electron chi connectivity index (χ4n) is 2.98. The Morgan fingerprint density at radius 3 is 2.52 bits per heavy atom. The SMILES string of the molecule is Cc1nnc(CN=C(NCC(C)(O)c2cnn(C)c2)NC(C)c2ccccc2)n1C.I. The molecule has 0 amide bonds. The van der Waals surface area contributed by atoms with Crippen molar-refractivity contribution in [2.75, 3.05) is 6.54 Å². The first-order chi connectivity index (χ1) is 14.3. The summed E-state index contributed by atoms with van der Waals surface area (Å²) < 4.78 is 3.58. The Kier molecular flexibility index (Phi) is 8.57. The third kappa shape index (κ3) is 6.50. The third-order valence-electron chi connectivity index (χ3n) is 5.14. The molecule has 2 heterocycles. The van der Waals surface area contributed by atoms with Crippen LogP contribution in [0, 0.1) is 6.92 Å². The van der Waals surface area contributed by atoms with Gasteiger partial charge in [0.15, 0.2) is 11.8 Å². The van der Waals surface area contributed by atoms with Crippen molar-refractivity contribution in [2.45, 2.75) is 39.0 Å². The van der Waals surface area contributed by atoms with E-state index in [4.69, 9.17) is 0 Å². The first-order valence-corrected chi connectivity index (χ1v) is 9.92. The maximum absolute atomic E-state index is 10.9. The van der Waals surface area contributed by atoms with Crippen molar-refractivity contribution in [2.24, 2.45) is 19.1 Å². The molecule has 0 bridgehead atoms. The number of aryl methyl sites for hydroxylation is 2. The number of aliphatic imine (C=N–C) groups is 1. The van der Waals surface area contributed by atoms with E-state index in [2.05, 4.69) is 50.0 Å². The van der Waals surface area contributed by atoms with Crippen molar-refractivity contribution in [3.63, 3.8) is 0 Å². The maximum Gasteiger partial charge on any atom is 0.192 e. The molecule has 1 aromatic carbocycles. The molecule has 3 aromatic rings. The standard InChI is InChI=1S/C21H30N8O.HI/c1-15(17-9-7-6-8-10-17)25-20(22-12-19-27-26-16(2)29(19)5)23-14-21(3,30)18-11-24-28(4)13-18;/h6-11,13,15,30H,12,14H2,1-5H3,(H2,22,23,25);1H. The zero-order valence-electron chi connectivity index (χ0n) is 18.6. The molecular formula is C21H31IN8O. The van der Waals surface area contributed by atoms with Gasteiger partial charge in [-0.15, -0.1) is 34.2 Å². The Balaban J connectivity index is 0.00000341. The third-order valence-corrected chi connectivity index (χ3v) is 5.14. The van der Waals surface area contributed by atoms with Crippen molar-refractivity contribution < 1.29 is 5.11 Å². The Bertz CT molecular complexity index is 996. The number of benzene rings is 1. The van der Waals surface area contributed by atoms with E-state index < -0.39 is 5.60 Å². The number of halogens is 1. The smallest absolute Gasteiger partial charge is 0.192 e. The highest BCUT2D eigenvalue weighted by Gasteiger charge is 2.25. The molecule has 3 rings (SSSR count). The molecule has 9 nitrogen and oxygen atoms in total. The Morgan fingerprint density at radius 2 is 1.94 bits per heavy atom. The summed E-state index contributed by atoms with van der Waals surface area (Å²) >= 11 is 0. The van der Waals surface area contributed by atoms with Gasteiger partial charge >= 0.3 is 0 Å². The van der Waals surface area contributed by atoms with Crippen LogP contribution in [0.3, 0.4) is 0 Å². The lowest BCUT2D eigenvalue weighted by Gasteiger charge is -2.25. The van der Waals surface area contributed by atoms with Crippen LogP contribution in [0.25, 0.3) is 0 Å². The van der Waals surface area contributed by atoms with Crippen molar-refractivity contribution >= 4 is 29.9 Å². The van der Waals surface area contributed by atoms with E-state index >= 15 is 0 Å². The van der Waals surface area contributed by atoms with Crippen molar-refractivity contribution in [3.8, 4) is 0 Å². The second kappa shape index (κ2) is 10.7. The Morgan fingerprint density at radius 1 is 1.23 bits per heavy atom. The van der Waals surface area contributed by atoms with Gasteiger partial charge in [-0.05, 0) is 26.3 Å². The molecule has 0 radical (unpaired) electrons. The Labute approximate surface area is 200 Å². The molecule has 0 saturated carbocycles. The average molecular weight is 538 g/mol. The van der Waals surface area contributed by atoms with Crippen LogP contribution in [0.1, 0.15) is 42.7 Å². The molecular weight excluding hydrogens is 507 g/mol. The zero-order chi connectivity index (χ0) is 21.7. The fraction of sp³-hybridized carbons (Fsp3) is 0.429. The minimum Gasteiger partial charge on any atom is -0.383 e. The molecule has 10 heteroatoms. The Hall–Kier alpha value is -2.47. The highest BCUT2D eigenvalue weighted by atomic mass is 127. The van der Waals surface area contributed by atoms with Crippen LogP contribution in [-0.4, -0.2) is 42.2 Å². The highest BCUT2D eigenvalue weighted by Crippen LogP contribution is 2.18. The lowest BCUT2D eigenvalue weighted by molar-refractivity contribution is 0.0615. The maximum atomic E-state index is 10.9. The number of nitrogens with zero attached hydrogens (tertiary/aromatic N) is 6. The summed E-state index contributed by atoms with van der Waals surface area (Å²) in [4.78, 5) is 4.67. The molecule has 0 fully saturated rings. The number of guanidine groups is 1. The summed E-state index contributed by atoms with van der Waals surface area (Å²) in [6, 6.07) is 10.2. The highest BCUT2D eigenvalue weighted by molar-refractivity contribution is 14.0. The number of hydrogen-bond acceptors (Lipinski definition) is 5. The van der Waals surface area contributed by atoms with E-state index in [-0.39, 0.29) is 36.6 Å². The second-order valence-corrected chi connectivity index (χ2v) is 7.69. The van der Waals surface area contributed by atoms with Crippen molar-refractivity contribution in [3.05, 3.63) is 65.5 Å². The quantitative estimate of drug-likeness (QED) is 0.242. The molecule has 2 aromatic heterocycles. The summed E-state index contributed by atoms with van der Waals surface area (Å²) in [5.41, 5.74) is 0.769. The zero-order valence-corrected chi connectivity index (χ0v) is 20.9. The molecule has 31 heavy (non-hydrogen) atoms. The first-order valence-electron chi connectivity index (χ1n) is 9.92. The summed E-state index contributed by atoms with van der Waals surface area (Å²) in [5, 5.41) is 30.0. The molecule has 0 spiro atoms. The summed E-state index contributed by atoms with van der Waals surface area (Å²) in [6.07, 6.45) is 3.47. The number of aliphatic hydroxyl groups is 1. The monoisotopic (exact) mass is 538 g/mol. The van der Waals surface area contributed by atoms with Gasteiger partial charge in [-0.3, -0.25) is 4.68 Å². The normalized spacial score (nSPS) is 14.5. The molecule has 0 aliphatic carbocycles. The van der Waals surface area contributed by atoms with E-state index in [1.807, 2.05) is 43.8 Å². The molecule has 0 aliphatic rings. The van der Waals surface area contributed by atoms with Crippen LogP contribution in [0.4, 0.5) is 0 Å². The van der Waals surface area contributed by atoms with Gasteiger partial charge in [-0.25, -0.2) is 4.99 Å². The van der Waals surface area contributed by atoms with Crippen LogP contribution in [0.5, 0.6) is 0 Å². The van der Waals surface area contributed by atoms with Gasteiger partial charge in [0.1, 0.15) is 18.0 Å². The largest absolute Gasteiger partial charge is 0.383 e. The number of rotatable bonds is 7. The molecule has 168 valence electrons. The van der Waals surface area contributed by atoms with Gasteiger partial charge in [0, 0.05) is 25.9 Å². The van der Waals surface area contributed by atoms with Gasteiger partial charge in [-0.2, -0.15) is 5.10 Å². The van der Waals surface area contributed by atoms with Gasteiger partial charge in [-0.1, -0.05) is 30.3 Å². The van der Waals surface area contributed by atoms with Gasteiger partial charge in [0.25, 0.3) is 0 Å². The predicted molar refractivity (Wildman–Crippen MR) is 131 cm³/mol. The van der Waals surface area contributed by atoms with E-state index in [0.29, 0.717) is 12.5 Å². The van der Waals surface area contributed by atoms with Crippen LogP contribution in [0.2, 0.25) is 0 Å². The number of nitrogens with one attached hydrogen (secondary N) is 2. The van der Waals surface area contributed by atoms with Crippen LogP contribution < -0.4 is 10.6 Å². The molecule has 0 aliphatic heterocycles. The summed E-state index contributed by atoms with van der Waals surface area (Å²) in [7, 11) is 3.74. The van der Waals surface area contributed by atoms with Crippen LogP contribution >= 0.6 is 24.0 Å². The van der Waals surface area contributed by atoms with E-state index in [1.54, 1.807) is 24.0 Å². The van der Waals surface area contributed by atoms with Crippen LogP contribution in [-0.2, 0) is 26.2 Å². The van der Waals surface area contributed by atoms with Crippen molar-refractivity contribution in [1.29, 1.82) is 0 Å². The van der Waals surface area contributed by atoms with Gasteiger partial charge in [0.2, 0.25) is 0 Å². The lowest BCUT2D eigenvalue weighted by atomic mass is 10.00. The summed E-state index contributed by atoms with van der Waals surface area (Å²) in [6.45, 7) is 6.35. The predicted octanol–water partition coefficient (Wildman–Crippen LogP) is 2.18. The minimum absolute atomic E-state index is 0. The molecule has 0 saturated heterocycles. The van der Waals surface area contributed by atoms with E-state index in [9.17, 15) is 5.11 Å². The molecule has 3 N–H and O–H groups in total. The number of hydrogen-bond donors (Lipinski definition) is 3. The molecule has 2 atom stereocenters. The van der Waals surface area contributed by atoms with Crippen LogP contribution in [0.15, 0.2) is 47.7 Å². The van der Waals surface area contributed by atoms with Crippen molar-refractivity contribution in [1.82, 2.24) is 35.2 Å². The molecule has 2 unspecified atom stereocenters. The second-order valence-electron chi connectivity index (χ2n) is 7.69. The first kappa shape index (κ1) is 24.8. The van der Waals surface area contributed by atoms with Gasteiger partial charge in [0.05, 0.1) is 18.8 Å². The van der Waals surface area contributed by atoms with E-state index in [1.165, 1.54) is 0 Å². The topological polar surface area (TPSA) is 105 Å².